The Kier molecular flexibility index (Phi) is 6.32. The van der Waals surface area contributed by atoms with Crippen molar-refractivity contribution in [3.63, 3.8) is 0 Å². The largest absolute Gasteiger partial charge is 0.481 e. The number of anilines is 1. The summed E-state index contributed by atoms with van der Waals surface area (Å²) in [6.45, 7) is 1.60. The van der Waals surface area contributed by atoms with Gasteiger partial charge >= 0.3 is 12.0 Å². The number of amides is 3. The molecule has 0 aromatic heterocycles. The third-order valence-corrected chi connectivity index (χ3v) is 2.73. The van der Waals surface area contributed by atoms with Crippen molar-refractivity contribution in [2.45, 2.75) is 32.6 Å². The molecule has 1 aromatic rings. The predicted molar refractivity (Wildman–Crippen MR) is 74.4 cm³/mol. The second kappa shape index (κ2) is 7.98. The van der Waals surface area contributed by atoms with Crippen LogP contribution in [-0.2, 0) is 9.59 Å². The Morgan fingerprint density at radius 2 is 1.86 bits per heavy atom. The van der Waals surface area contributed by atoms with Crippen molar-refractivity contribution < 1.29 is 23.9 Å². The first-order valence-electron chi connectivity index (χ1n) is 6.47. The minimum absolute atomic E-state index is 0.0118. The van der Waals surface area contributed by atoms with Crippen LogP contribution >= 0.6 is 0 Å². The molecule has 0 aliphatic heterocycles. The Labute approximate surface area is 121 Å². The number of nitrogens with one attached hydrogen (secondary N) is 2. The van der Waals surface area contributed by atoms with E-state index in [1.807, 2.05) is 0 Å². The molecule has 21 heavy (non-hydrogen) atoms. The molecule has 0 radical (unpaired) electrons. The van der Waals surface area contributed by atoms with Crippen molar-refractivity contribution in [3.8, 4) is 0 Å². The molecular formula is C14H17FN2O4. The van der Waals surface area contributed by atoms with E-state index in [0.717, 1.165) is 6.07 Å². The molecule has 0 saturated carbocycles. The Morgan fingerprint density at radius 3 is 2.48 bits per heavy atom. The molecular weight excluding hydrogens is 279 g/mol. The van der Waals surface area contributed by atoms with Gasteiger partial charge in [0.15, 0.2) is 0 Å². The summed E-state index contributed by atoms with van der Waals surface area (Å²) in [7, 11) is 0. The number of aryl methyl sites for hydroxylation is 1. The molecule has 0 spiro atoms. The van der Waals surface area contributed by atoms with E-state index in [4.69, 9.17) is 5.11 Å². The molecule has 1 aromatic carbocycles. The van der Waals surface area contributed by atoms with Gasteiger partial charge in [-0.1, -0.05) is 6.07 Å². The average Bonchev–Trinajstić information content (AvgIpc) is 2.38. The van der Waals surface area contributed by atoms with Crippen LogP contribution in [0.3, 0.4) is 0 Å². The molecule has 114 valence electrons. The van der Waals surface area contributed by atoms with Gasteiger partial charge in [0.1, 0.15) is 5.82 Å². The van der Waals surface area contributed by atoms with Gasteiger partial charge in [-0.05, 0) is 37.5 Å². The van der Waals surface area contributed by atoms with Crippen molar-refractivity contribution in [1.82, 2.24) is 5.32 Å². The molecule has 3 amide bonds. The number of halogens is 1. The van der Waals surface area contributed by atoms with E-state index in [9.17, 15) is 18.8 Å². The van der Waals surface area contributed by atoms with Crippen molar-refractivity contribution in [1.29, 1.82) is 0 Å². The maximum absolute atomic E-state index is 13.3. The molecule has 0 atom stereocenters. The van der Waals surface area contributed by atoms with Crippen LogP contribution in [0.2, 0.25) is 0 Å². The van der Waals surface area contributed by atoms with E-state index in [-0.39, 0.29) is 18.5 Å². The molecule has 0 aliphatic carbocycles. The fourth-order valence-electron chi connectivity index (χ4n) is 1.58. The van der Waals surface area contributed by atoms with Crippen LogP contribution in [0.25, 0.3) is 0 Å². The number of rotatable bonds is 6. The van der Waals surface area contributed by atoms with Crippen LogP contribution in [0.15, 0.2) is 18.2 Å². The maximum atomic E-state index is 13.3. The lowest BCUT2D eigenvalue weighted by Crippen LogP contribution is -2.34. The van der Waals surface area contributed by atoms with Crippen LogP contribution in [-0.4, -0.2) is 23.0 Å². The number of hydrogen-bond acceptors (Lipinski definition) is 3. The molecule has 0 saturated heterocycles. The van der Waals surface area contributed by atoms with E-state index >= 15 is 0 Å². The monoisotopic (exact) mass is 296 g/mol. The SMILES string of the molecule is Cc1ccc(NC(=O)NC(=O)CCCCC(=O)O)cc1F. The molecule has 0 fully saturated rings. The zero-order chi connectivity index (χ0) is 15.8. The van der Waals surface area contributed by atoms with Crippen LogP contribution in [0.1, 0.15) is 31.2 Å². The molecule has 0 heterocycles. The lowest BCUT2D eigenvalue weighted by atomic mass is 10.2. The van der Waals surface area contributed by atoms with Crippen molar-refractivity contribution in [2.75, 3.05) is 5.32 Å². The number of benzene rings is 1. The highest BCUT2D eigenvalue weighted by atomic mass is 19.1. The van der Waals surface area contributed by atoms with Crippen LogP contribution in [0.4, 0.5) is 14.9 Å². The molecule has 0 unspecified atom stereocenters. The van der Waals surface area contributed by atoms with Crippen molar-refractivity contribution in [3.05, 3.63) is 29.6 Å². The van der Waals surface area contributed by atoms with Crippen LogP contribution < -0.4 is 10.6 Å². The molecule has 7 heteroatoms. The Morgan fingerprint density at radius 1 is 1.19 bits per heavy atom. The summed E-state index contributed by atoms with van der Waals surface area (Å²) < 4.78 is 13.3. The normalized spacial score (nSPS) is 10.0. The Bertz CT molecular complexity index is 546. The van der Waals surface area contributed by atoms with Gasteiger partial charge in [-0.3, -0.25) is 14.9 Å². The highest BCUT2D eigenvalue weighted by Crippen LogP contribution is 2.13. The highest BCUT2D eigenvalue weighted by molar-refractivity contribution is 6.01. The quantitative estimate of drug-likeness (QED) is 0.702. The van der Waals surface area contributed by atoms with Crippen LogP contribution in [0.5, 0.6) is 0 Å². The number of unbranched alkanes of at least 4 members (excludes halogenated alkanes) is 1. The summed E-state index contributed by atoms with van der Waals surface area (Å²) in [5, 5.41) is 12.9. The number of carboxylic acids is 1. The predicted octanol–water partition coefficient (Wildman–Crippen LogP) is 2.43. The zero-order valence-corrected chi connectivity index (χ0v) is 11.6. The molecule has 3 N–H and O–H groups in total. The van der Waals surface area contributed by atoms with Gasteiger partial charge in [0.05, 0.1) is 0 Å². The Balaban J connectivity index is 2.34. The van der Waals surface area contributed by atoms with Gasteiger partial charge in [0.2, 0.25) is 5.91 Å². The summed E-state index contributed by atoms with van der Waals surface area (Å²) in [5.74, 6) is -1.88. The van der Waals surface area contributed by atoms with E-state index in [1.54, 1.807) is 6.92 Å². The van der Waals surface area contributed by atoms with E-state index < -0.39 is 23.7 Å². The fourth-order valence-corrected chi connectivity index (χ4v) is 1.58. The number of carboxylic acid groups (broad SMARTS) is 1. The first kappa shape index (κ1) is 16.6. The third kappa shape index (κ3) is 6.51. The zero-order valence-electron chi connectivity index (χ0n) is 11.6. The standard InChI is InChI=1S/C14H17FN2O4/c1-9-6-7-10(8-11(9)15)16-14(21)17-12(18)4-2-3-5-13(19)20/h6-8H,2-5H2,1H3,(H,19,20)(H2,16,17,18,21). The molecule has 1 rings (SSSR count). The van der Waals surface area contributed by atoms with E-state index in [1.165, 1.54) is 12.1 Å². The number of aliphatic carboxylic acids is 1. The van der Waals surface area contributed by atoms with E-state index in [2.05, 4.69) is 10.6 Å². The van der Waals surface area contributed by atoms with Gasteiger partial charge in [0.25, 0.3) is 0 Å². The second-order valence-corrected chi connectivity index (χ2v) is 4.57. The smallest absolute Gasteiger partial charge is 0.325 e. The first-order valence-corrected chi connectivity index (χ1v) is 6.47. The fraction of sp³-hybridized carbons (Fsp3) is 0.357. The summed E-state index contributed by atoms with van der Waals surface area (Å²) >= 11 is 0. The van der Waals surface area contributed by atoms with E-state index in [0.29, 0.717) is 18.4 Å². The van der Waals surface area contributed by atoms with Gasteiger partial charge in [0, 0.05) is 18.5 Å². The first-order chi connectivity index (χ1) is 9.88. The number of carbonyl (C=O) groups excluding carboxylic acids is 2. The number of hydrogen-bond donors (Lipinski definition) is 3. The second-order valence-electron chi connectivity index (χ2n) is 4.57. The van der Waals surface area contributed by atoms with Crippen molar-refractivity contribution in [2.24, 2.45) is 0 Å². The molecule has 6 nitrogen and oxygen atoms in total. The maximum Gasteiger partial charge on any atom is 0.325 e. The number of carbonyl (C=O) groups is 3. The lowest BCUT2D eigenvalue weighted by molar-refractivity contribution is -0.137. The van der Waals surface area contributed by atoms with Gasteiger partial charge in [-0.25, -0.2) is 9.18 Å². The van der Waals surface area contributed by atoms with Gasteiger partial charge in [-0.2, -0.15) is 0 Å². The summed E-state index contributed by atoms with van der Waals surface area (Å²) in [4.78, 5) is 33.2. The average molecular weight is 296 g/mol. The molecule has 0 bridgehead atoms. The third-order valence-electron chi connectivity index (χ3n) is 2.73. The minimum atomic E-state index is -0.922. The lowest BCUT2D eigenvalue weighted by Gasteiger charge is -2.07. The minimum Gasteiger partial charge on any atom is -0.481 e. The van der Waals surface area contributed by atoms with Crippen LogP contribution in [0, 0.1) is 12.7 Å². The van der Waals surface area contributed by atoms with Gasteiger partial charge in [-0.15, -0.1) is 0 Å². The topological polar surface area (TPSA) is 95.5 Å². The summed E-state index contributed by atoms with van der Waals surface area (Å²) in [6.07, 6.45) is 0.795. The highest BCUT2D eigenvalue weighted by Gasteiger charge is 2.09. The summed E-state index contributed by atoms with van der Waals surface area (Å²) in [5.41, 5.74) is 0.699. The molecule has 0 aliphatic rings. The number of urea groups is 1. The van der Waals surface area contributed by atoms with Crippen molar-refractivity contribution >= 4 is 23.6 Å². The Hall–Kier alpha value is -2.44. The summed E-state index contributed by atoms with van der Waals surface area (Å²) in [6, 6.07) is 3.45. The number of imide groups is 1. The van der Waals surface area contributed by atoms with Gasteiger partial charge < -0.3 is 10.4 Å².